The van der Waals surface area contributed by atoms with Gasteiger partial charge in [-0.25, -0.2) is 4.39 Å². The average molecular weight is 523 g/mol. The molecule has 0 N–H and O–H groups in total. The molecule has 0 aliphatic carbocycles. The van der Waals surface area contributed by atoms with Gasteiger partial charge in [0.2, 0.25) is 0 Å². The van der Waals surface area contributed by atoms with Crippen molar-refractivity contribution in [1.29, 1.82) is 0 Å². The van der Waals surface area contributed by atoms with Crippen LogP contribution >= 0.6 is 34.0 Å². The number of hydrogen-bond donors (Lipinski definition) is 0. The summed E-state index contributed by atoms with van der Waals surface area (Å²) in [6, 6.07) is 16.4. The third kappa shape index (κ3) is 10.3. The molecule has 0 aromatic carbocycles. The van der Waals surface area contributed by atoms with Gasteiger partial charge < -0.3 is 4.42 Å². The van der Waals surface area contributed by atoms with Crippen molar-refractivity contribution in [1.82, 2.24) is 0 Å². The fourth-order valence-corrected chi connectivity index (χ4v) is 5.39. The smallest absolute Gasteiger partial charge is 0.143 e. The van der Waals surface area contributed by atoms with E-state index in [0.29, 0.717) is 17.8 Å². The lowest BCUT2D eigenvalue weighted by Gasteiger charge is -1.98. The first kappa shape index (κ1) is 32.3. The monoisotopic (exact) mass is 522 g/mol. The number of alkyl halides is 1. The van der Waals surface area contributed by atoms with Crippen molar-refractivity contribution in [3.63, 3.8) is 0 Å². The van der Waals surface area contributed by atoms with Gasteiger partial charge in [-0.05, 0) is 72.5 Å². The Balaban J connectivity index is 0.000000479. The summed E-state index contributed by atoms with van der Waals surface area (Å²) in [6.07, 6.45) is 0.900. The molecule has 1 atom stereocenters. The molecule has 0 saturated carbocycles. The van der Waals surface area contributed by atoms with E-state index in [9.17, 15) is 4.39 Å². The van der Waals surface area contributed by atoms with Crippen LogP contribution in [0.25, 0.3) is 10.6 Å². The van der Waals surface area contributed by atoms with E-state index in [1.165, 1.54) is 19.5 Å². The zero-order chi connectivity index (χ0) is 23.7. The van der Waals surface area contributed by atoms with Crippen LogP contribution in [0.5, 0.6) is 0 Å². The van der Waals surface area contributed by atoms with Gasteiger partial charge in [-0.1, -0.05) is 62.5 Å². The second kappa shape index (κ2) is 16.1. The molecule has 0 saturated heterocycles. The molecule has 4 aromatic heterocycles. The van der Waals surface area contributed by atoms with Crippen LogP contribution in [0.3, 0.4) is 0 Å². The maximum absolute atomic E-state index is 12.7. The minimum Gasteiger partial charge on any atom is -0.464 e. The molecule has 1 nitrogen and oxygen atoms in total. The van der Waals surface area contributed by atoms with Crippen LogP contribution in [0, 0.1) is 0 Å². The Morgan fingerprint density at radius 1 is 0.647 bits per heavy atom. The lowest BCUT2D eigenvalue weighted by atomic mass is 10.2. The molecule has 0 radical (unpaired) electrons. The number of hydrogen-bond acceptors (Lipinski definition) is 4. The first-order chi connectivity index (χ1) is 15.2. The topological polar surface area (TPSA) is 13.1 Å². The third-order valence-electron chi connectivity index (χ3n) is 4.68. The summed E-state index contributed by atoms with van der Waals surface area (Å²) < 4.78 is 18.0. The van der Waals surface area contributed by atoms with E-state index in [-0.39, 0.29) is 14.9 Å². The molecule has 0 aliphatic rings. The van der Waals surface area contributed by atoms with Gasteiger partial charge in [-0.3, -0.25) is 0 Å². The highest BCUT2D eigenvalue weighted by Crippen LogP contribution is 2.32. The number of furan rings is 1. The van der Waals surface area contributed by atoms with E-state index < -0.39 is 6.17 Å². The molecule has 4 aromatic rings. The normalized spacial score (nSPS) is 11.1. The van der Waals surface area contributed by atoms with Crippen LogP contribution in [-0.2, 0) is 0 Å². The first-order valence-electron chi connectivity index (χ1n) is 11.1. The average Bonchev–Trinajstić information content (AvgIpc) is 3.56. The quantitative estimate of drug-likeness (QED) is 0.254. The van der Waals surface area contributed by atoms with Crippen molar-refractivity contribution < 1.29 is 8.81 Å². The maximum atomic E-state index is 12.7. The predicted octanol–water partition coefficient (Wildman–Crippen LogP) is 12.2. The van der Waals surface area contributed by atoms with Gasteiger partial charge in [-0.15, -0.1) is 34.0 Å². The lowest BCUT2D eigenvalue weighted by Crippen LogP contribution is -1.78. The van der Waals surface area contributed by atoms with Crippen molar-refractivity contribution in [2.75, 3.05) is 0 Å². The maximum Gasteiger partial charge on any atom is 0.143 e. The Hall–Kier alpha value is -1.69. The van der Waals surface area contributed by atoms with E-state index in [2.05, 4.69) is 71.2 Å². The summed E-state index contributed by atoms with van der Waals surface area (Å²) in [7, 11) is 0. The Kier molecular flexibility index (Phi) is 15.3. The number of rotatable bonds is 5. The van der Waals surface area contributed by atoms with Crippen LogP contribution in [-0.4, -0.2) is 0 Å². The van der Waals surface area contributed by atoms with Gasteiger partial charge >= 0.3 is 0 Å². The van der Waals surface area contributed by atoms with E-state index in [4.69, 9.17) is 4.42 Å². The summed E-state index contributed by atoms with van der Waals surface area (Å²) in [6.45, 7) is 14.7. The molecule has 0 fully saturated rings. The molecule has 190 valence electrons. The Morgan fingerprint density at radius 2 is 1.21 bits per heavy atom. The van der Waals surface area contributed by atoms with Gasteiger partial charge in [0.05, 0.1) is 11.1 Å². The highest BCUT2D eigenvalue weighted by Gasteiger charge is 2.08. The molecule has 0 aliphatic heterocycles. The molecule has 0 bridgehead atoms. The first-order valence-corrected chi connectivity index (χ1v) is 13.6. The summed E-state index contributed by atoms with van der Waals surface area (Å²) in [5, 5.41) is 2.12. The van der Waals surface area contributed by atoms with Crippen molar-refractivity contribution in [2.24, 2.45) is 0 Å². The second-order valence-electron chi connectivity index (χ2n) is 8.51. The van der Waals surface area contributed by atoms with E-state index in [0.717, 1.165) is 10.6 Å². The molecular weight excluding hydrogens is 480 g/mol. The summed E-state index contributed by atoms with van der Waals surface area (Å²) in [4.78, 5) is 6.21. The minimum absolute atomic E-state index is 0. The molecule has 34 heavy (non-hydrogen) atoms. The molecule has 5 heteroatoms. The highest BCUT2D eigenvalue weighted by atomic mass is 32.1. The number of halogens is 1. The van der Waals surface area contributed by atoms with Gasteiger partial charge in [0.15, 0.2) is 0 Å². The van der Waals surface area contributed by atoms with Crippen LogP contribution in [0.15, 0.2) is 64.6 Å². The van der Waals surface area contributed by atoms with Crippen LogP contribution in [0.2, 0.25) is 0 Å². The highest BCUT2D eigenvalue weighted by molar-refractivity contribution is 7.15. The molecule has 4 rings (SSSR count). The Bertz CT molecular complexity index is 968. The molecule has 0 amide bonds. The van der Waals surface area contributed by atoms with Gasteiger partial charge in [0.1, 0.15) is 11.9 Å². The molecule has 4 heterocycles. The predicted molar refractivity (Wildman–Crippen MR) is 156 cm³/mol. The standard InChI is InChI=1S/C11H12OS.C9H13FS.C7H10S.2CH4/c1-8(2)10-5-6-11(13-10)9-4-3-7-12-9;1-6(2)8-4-5-9(11-8)7(3)10;1-6(2)7-4-3-5-8-7;;/h3-8H,1-2H3;4-7H,1-3H3;3-6H,1-2H3;2*1H4. The SMILES string of the molecule is C.C.CC(C)c1ccc(-c2ccco2)s1.CC(C)c1ccc(C(C)F)s1.CC(C)c1cccs1. The van der Waals surface area contributed by atoms with Crippen molar-refractivity contribution in [2.45, 2.75) is 87.2 Å². The van der Waals surface area contributed by atoms with Crippen LogP contribution < -0.4 is 0 Å². The van der Waals surface area contributed by atoms with Crippen molar-refractivity contribution in [3.8, 4) is 10.6 Å². The molecule has 1 unspecified atom stereocenters. The Morgan fingerprint density at radius 3 is 1.56 bits per heavy atom. The van der Waals surface area contributed by atoms with Gasteiger partial charge in [0.25, 0.3) is 0 Å². The fraction of sp³-hybridized carbons (Fsp3) is 0.448. The zero-order valence-corrected chi connectivity index (χ0v) is 22.5. The van der Waals surface area contributed by atoms with Gasteiger partial charge in [-0.2, -0.15) is 0 Å². The fourth-order valence-electron chi connectivity index (χ4n) is 2.73. The van der Waals surface area contributed by atoms with E-state index in [1.54, 1.807) is 35.9 Å². The van der Waals surface area contributed by atoms with E-state index >= 15 is 0 Å². The van der Waals surface area contributed by atoms with Crippen molar-refractivity contribution in [3.05, 3.63) is 79.7 Å². The second-order valence-corrected chi connectivity index (χ2v) is 11.8. The molecular formula is C29H43FOS3. The third-order valence-corrected chi connectivity index (χ3v) is 8.79. The van der Waals surface area contributed by atoms with E-state index in [1.807, 2.05) is 35.6 Å². The Labute approximate surface area is 219 Å². The number of thiophene rings is 3. The van der Waals surface area contributed by atoms with Gasteiger partial charge in [0, 0.05) is 19.5 Å². The van der Waals surface area contributed by atoms with Crippen LogP contribution in [0.1, 0.15) is 107 Å². The largest absolute Gasteiger partial charge is 0.464 e. The van der Waals surface area contributed by atoms with Crippen LogP contribution in [0.4, 0.5) is 4.39 Å². The zero-order valence-electron chi connectivity index (χ0n) is 20.1. The summed E-state index contributed by atoms with van der Waals surface area (Å²) >= 11 is 5.21. The molecule has 0 spiro atoms. The summed E-state index contributed by atoms with van der Waals surface area (Å²) in [5.74, 6) is 2.80. The summed E-state index contributed by atoms with van der Waals surface area (Å²) in [5.41, 5.74) is 0. The lowest BCUT2D eigenvalue weighted by molar-refractivity contribution is 0.380. The van der Waals surface area contributed by atoms with Crippen molar-refractivity contribution >= 4 is 34.0 Å². The minimum atomic E-state index is -0.813.